The number of rotatable bonds is 50. The zero-order chi connectivity index (χ0) is 50.0. The summed E-state index contributed by atoms with van der Waals surface area (Å²) in [5.41, 5.74) is 0. The van der Waals surface area contributed by atoms with E-state index in [-0.39, 0.29) is 44.0 Å². The first-order valence-electron chi connectivity index (χ1n) is 28.4. The van der Waals surface area contributed by atoms with E-state index in [1.807, 2.05) is 12.2 Å². The van der Waals surface area contributed by atoms with Crippen molar-refractivity contribution in [3.8, 4) is 0 Å². The molecule has 0 N–H and O–H groups in total. The third kappa shape index (κ3) is 54.9. The second-order valence-corrected chi connectivity index (χ2v) is 18.5. The van der Waals surface area contributed by atoms with Gasteiger partial charge >= 0.3 is 17.9 Å². The van der Waals surface area contributed by atoms with Crippen molar-refractivity contribution in [2.75, 3.05) is 13.2 Å². The van der Waals surface area contributed by atoms with Crippen molar-refractivity contribution < 1.29 is 28.6 Å². The molecule has 0 spiro atoms. The highest BCUT2D eigenvalue weighted by atomic mass is 16.6. The van der Waals surface area contributed by atoms with Crippen molar-refractivity contribution in [1.82, 2.24) is 0 Å². The van der Waals surface area contributed by atoms with Crippen molar-refractivity contribution in [2.45, 2.75) is 258 Å². The minimum atomic E-state index is -0.835. The Balaban J connectivity index is 4.57. The molecular formula is C63H104O6. The molecule has 0 fully saturated rings. The number of hydrogen-bond donors (Lipinski definition) is 0. The molecule has 0 aromatic rings. The standard InChI is InChI=1S/C63H104O6/c1-4-7-10-13-16-19-22-25-28-30-31-33-35-38-41-44-47-50-53-56-62(65)68-59-60(58-67-61(64)55-52-49-46-43-40-37-34-27-24-21-18-15-12-9-6-3)69-63(66)57-54-51-48-45-42-39-36-32-29-26-23-20-17-14-11-8-5-2/h7,10,16,19,25-26,28-29,31,33,36,38-39,41,45,47-48,50,60H,4-6,8-9,11-15,17-18,20-24,27,30,32,34-35,37,40,42-44,46,49,51-59H2,1-3H3/b10-7-,19-16-,28-25-,29-26-,33-31-,39-36-,41-38-,48-45-,50-47-. The van der Waals surface area contributed by atoms with Crippen LogP contribution in [-0.2, 0) is 28.6 Å². The fourth-order valence-corrected chi connectivity index (χ4v) is 7.54. The molecule has 0 saturated heterocycles. The van der Waals surface area contributed by atoms with Gasteiger partial charge in [-0.3, -0.25) is 14.4 Å². The van der Waals surface area contributed by atoms with Crippen LogP contribution in [0.1, 0.15) is 252 Å². The number of hydrogen-bond acceptors (Lipinski definition) is 6. The van der Waals surface area contributed by atoms with E-state index in [0.717, 1.165) is 77.0 Å². The number of esters is 3. The lowest BCUT2D eigenvalue weighted by Gasteiger charge is -2.18. The number of ether oxygens (including phenoxy) is 3. The molecule has 0 rings (SSSR count). The van der Waals surface area contributed by atoms with Gasteiger partial charge in [0.1, 0.15) is 13.2 Å². The Kier molecular flexibility index (Phi) is 53.4. The Labute approximate surface area is 425 Å². The summed E-state index contributed by atoms with van der Waals surface area (Å²) in [5, 5.41) is 0. The SMILES string of the molecule is CC/C=C\C/C=C\C/C=C\C/C=C\C/C=C\C/C=C\CCC(=O)OCC(COC(=O)CCCCCCCCCCCCCCCCC)OC(=O)CCC/C=C\C/C=C\C/C=C\CCCCCCCC. The molecule has 0 aliphatic heterocycles. The van der Waals surface area contributed by atoms with Crippen molar-refractivity contribution in [3.63, 3.8) is 0 Å². The first-order chi connectivity index (χ1) is 34.0. The minimum absolute atomic E-state index is 0.121. The van der Waals surface area contributed by atoms with E-state index in [9.17, 15) is 14.4 Å². The fraction of sp³-hybridized carbons (Fsp3) is 0.667. The highest BCUT2D eigenvalue weighted by Gasteiger charge is 2.19. The second kappa shape index (κ2) is 56.7. The maximum Gasteiger partial charge on any atom is 0.306 e. The molecule has 0 aliphatic rings. The summed E-state index contributed by atoms with van der Waals surface area (Å²) in [6, 6.07) is 0. The Bertz CT molecular complexity index is 1420. The average Bonchev–Trinajstić information content (AvgIpc) is 3.35. The number of carbonyl (C=O) groups excluding carboxylic acids is 3. The third-order valence-electron chi connectivity index (χ3n) is 11.8. The zero-order valence-corrected chi connectivity index (χ0v) is 44.8. The van der Waals surface area contributed by atoms with Crippen LogP contribution >= 0.6 is 0 Å². The van der Waals surface area contributed by atoms with Crippen LogP contribution in [0.25, 0.3) is 0 Å². The van der Waals surface area contributed by atoms with Crippen LogP contribution in [0.15, 0.2) is 109 Å². The summed E-state index contributed by atoms with van der Waals surface area (Å²) in [6.07, 6.45) is 76.7. The third-order valence-corrected chi connectivity index (χ3v) is 11.8. The highest BCUT2D eigenvalue weighted by molar-refractivity contribution is 5.71. The summed E-state index contributed by atoms with van der Waals surface area (Å²) in [7, 11) is 0. The lowest BCUT2D eigenvalue weighted by molar-refractivity contribution is -0.166. The maximum atomic E-state index is 12.8. The van der Waals surface area contributed by atoms with Crippen molar-refractivity contribution in [2.24, 2.45) is 0 Å². The molecule has 0 saturated carbocycles. The number of allylic oxidation sites excluding steroid dienone is 18. The van der Waals surface area contributed by atoms with Gasteiger partial charge in [0.05, 0.1) is 0 Å². The topological polar surface area (TPSA) is 78.9 Å². The molecule has 0 heterocycles. The predicted octanol–water partition coefficient (Wildman–Crippen LogP) is 19.1. The van der Waals surface area contributed by atoms with Gasteiger partial charge in [0.15, 0.2) is 6.10 Å². The van der Waals surface area contributed by atoms with Crippen LogP contribution in [0.4, 0.5) is 0 Å². The molecular weight excluding hydrogens is 853 g/mol. The summed E-state index contributed by atoms with van der Waals surface area (Å²) >= 11 is 0. The predicted molar refractivity (Wildman–Crippen MR) is 297 cm³/mol. The van der Waals surface area contributed by atoms with E-state index in [2.05, 4.69) is 118 Å². The van der Waals surface area contributed by atoms with E-state index in [4.69, 9.17) is 14.2 Å². The van der Waals surface area contributed by atoms with E-state index in [1.165, 1.54) is 122 Å². The van der Waals surface area contributed by atoms with Gasteiger partial charge < -0.3 is 14.2 Å². The Morgan fingerprint density at radius 1 is 0.304 bits per heavy atom. The molecule has 6 nitrogen and oxygen atoms in total. The van der Waals surface area contributed by atoms with Gasteiger partial charge in [-0.1, -0.05) is 252 Å². The highest BCUT2D eigenvalue weighted by Crippen LogP contribution is 2.15. The summed E-state index contributed by atoms with van der Waals surface area (Å²) in [6.45, 7) is 6.42. The Morgan fingerprint density at radius 3 is 1.01 bits per heavy atom. The molecule has 0 bridgehead atoms. The summed E-state index contributed by atoms with van der Waals surface area (Å²) in [5.74, 6) is -1.06. The van der Waals surface area contributed by atoms with Crippen LogP contribution < -0.4 is 0 Å². The molecule has 1 unspecified atom stereocenters. The smallest absolute Gasteiger partial charge is 0.306 e. The van der Waals surface area contributed by atoms with Gasteiger partial charge in [0.25, 0.3) is 0 Å². The maximum absolute atomic E-state index is 12.8. The Hall–Kier alpha value is -3.93. The second-order valence-electron chi connectivity index (χ2n) is 18.5. The summed E-state index contributed by atoms with van der Waals surface area (Å²) in [4.78, 5) is 38.1. The Morgan fingerprint density at radius 2 is 0.609 bits per heavy atom. The van der Waals surface area contributed by atoms with Crippen LogP contribution in [0.5, 0.6) is 0 Å². The van der Waals surface area contributed by atoms with Gasteiger partial charge in [-0.2, -0.15) is 0 Å². The first-order valence-corrected chi connectivity index (χ1v) is 28.4. The van der Waals surface area contributed by atoms with Crippen LogP contribution in [0.3, 0.4) is 0 Å². The van der Waals surface area contributed by atoms with E-state index >= 15 is 0 Å². The van der Waals surface area contributed by atoms with Gasteiger partial charge in [0, 0.05) is 19.3 Å². The van der Waals surface area contributed by atoms with E-state index in [1.54, 1.807) is 0 Å². The summed E-state index contributed by atoms with van der Waals surface area (Å²) < 4.78 is 16.7. The van der Waals surface area contributed by atoms with E-state index in [0.29, 0.717) is 19.3 Å². The number of carbonyl (C=O) groups is 3. The molecule has 1 atom stereocenters. The molecule has 69 heavy (non-hydrogen) atoms. The normalized spacial score (nSPS) is 12.9. The minimum Gasteiger partial charge on any atom is -0.462 e. The quantitative estimate of drug-likeness (QED) is 0.0262. The van der Waals surface area contributed by atoms with Gasteiger partial charge in [-0.25, -0.2) is 0 Å². The molecule has 0 aliphatic carbocycles. The average molecular weight is 958 g/mol. The lowest BCUT2D eigenvalue weighted by Crippen LogP contribution is -2.30. The van der Waals surface area contributed by atoms with Crippen molar-refractivity contribution in [1.29, 1.82) is 0 Å². The molecule has 6 heteroatoms. The monoisotopic (exact) mass is 957 g/mol. The number of unbranched alkanes of at least 4 members (excludes halogenated alkanes) is 21. The van der Waals surface area contributed by atoms with Gasteiger partial charge in [0.2, 0.25) is 0 Å². The molecule has 392 valence electrons. The first kappa shape index (κ1) is 65.1. The molecule has 0 amide bonds. The van der Waals surface area contributed by atoms with Gasteiger partial charge in [-0.15, -0.1) is 0 Å². The zero-order valence-electron chi connectivity index (χ0n) is 44.8. The van der Waals surface area contributed by atoms with Crippen LogP contribution in [0, 0.1) is 0 Å². The largest absolute Gasteiger partial charge is 0.462 e. The lowest BCUT2D eigenvalue weighted by atomic mass is 10.0. The molecule has 0 radical (unpaired) electrons. The van der Waals surface area contributed by atoms with Crippen LogP contribution in [0.2, 0.25) is 0 Å². The van der Waals surface area contributed by atoms with Crippen LogP contribution in [-0.4, -0.2) is 37.2 Å². The molecule has 0 aromatic carbocycles. The fourth-order valence-electron chi connectivity index (χ4n) is 7.54. The van der Waals surface area contributed by atoms with Crippen molar-refractivity contribution in [3.05, 3.63) is 109 Å². The van der Waals surface area contributed by atoms with Crippen molar-refractivity contribution >= 4 is 17.9 Å². The van der Waals surface area contributed by atoms with E-state index < -0.39 is 6.10 Å². The van der Waals surface area contributed by atoms with Gasteiger partial charge in [-0.05, 0) is 89.9 Å². The molecule has 0 aromatic heterocycles.